The first-order chi connectivity index (χ1) is 50.1. The van der Waals surface area contributed by atoms with Gasteiger partial charge in [0, 0.05) is 47.6 Å². The molecule has 4 aliphatic carbocycles. The lowest BCUT2D eigenvalue weighted by Gasteiger charge is -2.40. The Balaban J connectivity index is 0.677. The van der Waals surface area contributed by atoms with Crippen molar-refractivity contribution in [2.45, 2.75) is 10.8 Å². The maximum atomic E-state index is 2.53. The van der Waals surface area contributed by atoms with E-state index in [0.717, 1.165) is 67.9 Å². The first-order valence-electron chi connectivity index (χ1n) is 34.9. The van der Waals surface area contributed by atoms with Gasteiger partial charge in [0.1, 0.15) is 0 Å². The molecule has 2 aromatic heterocycles. The fraction of sp³-hybridized carbons (Fsp3) is 0.0208. The number of para-hydroxylation sites is 6. The summed E-state index contributed by atoms with van der Waals surface area (Å²) < 4.78 is 2.61. The molecular weight excluding hydrogens is 1260 g/mol. The third-order valence-corrected chi connectivity index (χ3v) is 24.7. The smallest absolute Gasteiger partial charge is 0.0740 e. The molecule has 5 aliphatic rings. The number of benzene rings is 15. The molecule has 0 amide bonds. The number of nitrogens with zero attached hydrogens (tertiary/aromatic N) is 3. The Kier molecular flexibility index (Phi) is 12.1. The summed E-state index contributed by atoms with van der Waals surface area (Å²) in [4.78, 5) is 10.1. The number of hydrogen-bond acceptors (Lipinski definition) is 5. The highest BCUT2D eigenvalue weighted by atomic mass is 32.1. The summed E-state index contributed by atoms with van der Waals surface area (Å²) in [7, 11) is 0. The standard InChI is InChI=1S/C96H59N3S2/c1-4-24-60(25-5-1)64-54-65(56-70(55-64)97(66-26-6-2-7-27-66)69-49-52-75-84(59-69)96(91-76-34-14-23-43-89(76)100-93(75)91)81-37-17-12-32-73(81)74-33-13-18-38-82(74)96)62-46-44-61(45-47-62)63-48-51-77-90(57-63)101-94-78-58-68(50-53-83(78)95(92(77)94)79-35-15-10-30-71(79)72-31-11-16-36-80(72)95)99-87-41-21-19-39-85(87)98(67-28-8-3-9-29-67)86-40-20-22-42-88(86)99/h1-59H. The van der Waals surface area contributed by atoms with Gasteiger partial charge >= 0.3 is 0 Å². The Hall–Kier alpha value is -12.4. The molecule has 0 fully saturated rings. The number of fused-ring (bicyclic) bond motifs is 26. The number of hydrogen-bond donors (Lipinski definition) is 0. The van der Waals surface area contributed by atoms with Crippen molar-refractivity contribution in [3.05, 3.63) is 402 Å². The van der Waals surface area contributed by atoms with Crippen molar-refractivity contribution < 1.29 is 0 Å². The summed E-state index contributed by atoms with van der Waals surface area (Å²) in [5, 5.41) is 2.63. The first-order valence-corrected chi connectivity index (χ1v) is 36.5. The van der Waals surface area contributed by atoms with Gasteiger partial charge in [0.15, 0.2) is 0 Å². The van der Waals surface area contributed by atoms with Crippen LogP contribution >= 0.6 is 22.7 Å². The van der Waals surface area contributed by atoms with Crippen LogP contribution in [0.1, 0.15) is 44.5 Å². The van der Waals surface area contributed by atoms with E-state index in [1.54, 1.807) is 0 Å². The fourth-order valence-corrected chi connectivity index (χ4v) is 21.0. The average Bonchev–Trinajstić information content (AvgIpc) is 1.50. The minimum absolute atomic E-state index is 0.503. The Morgan fingerprint density at radius 3 is 1.26 bits per heavy atom. The van der Waals surface area contributed by atoms with E-state index in [-0.39, 0.29) is 0 Å². The first kappa shape index (κ1) is 56.6. The van der Waals surface area contributed by atoms with Gasteiger partial charge in [-0.3, -0.25) is 0 Å². The van der Waals surface area contributed by atoms with Crippen molar-refractivity contribution in [1.82, 2.24) is 0 Å². The monoisotopic (exact) mass is 1320 g/mol. The lowest BCUT2D eigenvalue weighted by atomic mass is 9.70. The van der Waals surface area contributed by atoms with Gasteiger partial charge in [0.05, 0.1) is 33.6 Å². The van der Waals surface area contributed by atoms with Crippen LogP contribution in [0.5, 0.6) is 0 Å². The Labute approximate surface area is 594 Å². The molecule has 0 bridgehead atoms. The van der Waals surface area contributed by atoms with Gasteiger partial charge in [0.25, 0.3) is 0 Å². The predicted molar refractivity (Wildman–Crippen MR) is 424 cm³/mol. The summed E-state index contributed by atoms with van der Waals surface area (Å²) in [5.74, 6) is 0. The molecule has 101 heavy (non-hydrogen) atoms. The molecule has 470 valence electrons. The van der Waals surface area contributed by atoms with Crippen LogP contribution < -0.4 is 14.7 Å². The molecule has 0 unspecified atom stereocenters. The molecule has 2 spiro atoms. The van der Waals surface area contributed by atoms with E-state index in [4.69, 9.17) is 0 Å². The lowest BCUT2D eigenvalue weighted by molar-refractivity contribution is 0.802. The summed E-state index contributed by atoms with van der Waals surface area (Å²) >= 11 is 3.88. The molecule has 3 nitrogen and oxygen atoms in total. The van der Waals surface area contributed by atoms with Gasteiger partial charge < -0.3 is 14.7 Å². The molecule has 17 aromatic rings. The van der Waals surface area contributed by atoms with E-state index in [1.807, 2.05) is 22.7 Å². The normalized spacial score (nSPS) is 13.9. The quantitative estimate of drug-likeness (QED) is 0.150. The van der Waals surface area contributed by atoms with Crippen molar-refractivity contribution in [2.75, 3.05) is 14.7 Å². The SMILES string of the molecule is c1ccc(-c2cc(-c3ccc(-c4ccc5c6c(sc5c4)-c4cc(N5c7ccccc7N(c7ccccc7)c7ccccc75)ccc4C64c5ccccc5-c5ccccc54)cc3)cc(N(c3ccccc3)c3ccc4c(c3)C3(c5ccccc5-c5ccccc53)c3c-4sc4ccccc34)c2)cc1. The second-order valence-electron chi connectivity index (χ2n) is 27.3. The van der Waals surface area contributed by atoms with Gasteiger partial charge in [-0.15, -0.1) is 22.7 Å². The molecular formula is C96H59N3S2. The zero-order valence-corrected chi connectivity index (χ0v) is 56.4. The van der Waals surface area contributed by atoms with Crippen molar-refractivity contribution >= 4 is 94.0 Å². The molecule has 3 heterocycles. The topological polar surface area (TPSA) is 9.72 Å². The van der Waals surface area contributed by atoms with Gasteiger partial charge in [0.2, 0.25) is 0 Å². The zero-order valence-electron chi connectivity index (χ0n) is 54.7. The minimum Gasteiger partial charge on any atom is -0.310 e. The molecule has 0 atom stereocenters. The summed E-state index contributed by atoms with van der Waals surface area (Å²) in [6.45, 7) is 0. The van der Waals surface area contributed by atoms with E-state index >= 15 is 0 Å². The minimum atomic E-state index is -0.511. The van der Waals surface area contributed by atoms with E-state index in [0.29, 0.717) is 0 Å². The van der Waals surface area contributed by atoms with Crippen LogP contribution in [-0.2, 0) is 10.8 Å². The lowest BCUT2D eigenvalue weighted by Crippen LogP contribution is -2.26. The Morgan fingerprint density at radius 1 is 0.228 bits per heavy atom. The van der Waals surface area contributed by atoms with Crippen molar-refractivity contribution in [2.24, 2.45) is 0 Å². The molecule has 1 aliphatic heterocycles. The average molecular weight is 1320 g/mol. The maximum absolute atomic E-state index is 2.53. The van der Waals surface area contributed by atoms with Gasteiger partial charge in [-0.05, 0) is 225 Å². The molecule has 22 rings (SSSR count). The van der Waals surface area contributed by atoms with E-state index in [9.17, 15) is 0 Å². The Bertz CT molecular complexity index is 6160. The second-order valence-corrected chi connectivity index (χ2v) is 29.4. The van der Waals surface area contributed by atoms with Crippen LogP contribution in [0.4, 0.5) is 51.2 Å². The third kappa shape index (κ3) is 7.87. The summed E-state index contributed by atoms with van der Waals surface area (Å²) in [5.41, 5.74) is 34.8. The van der Waals surface area contributed by atoms with Crippen LogP contribution in [0.2, 0.25) is 0 Å². The van der Waals surface area contributed by atoms with Gasteiger partial charge in [-0.2, -0.15) is 0 Å². The van der Waals surface area contributed by atoms with E-state index < -0.39 is 10.8 Å². The van der Waals surface area contributed by atoms with Crippen LogP contribution in [0.25, 0.3) is 96.7 Å². The van der Waals surface area contributed by atoms with E-state index in [2.05, 4.69) is 373 Å². The highest BCUT2D eigenvalue weighted by Crippen LogP contribution is 2.69. The number of rotatable bonds is 8. The van der Waals surface area contributed by atoms with Crippen LogP contribution in [0.3, 0.4) is 0 Å². The molecule has 15 aromatic carbocycles. The van der Waals surface area contributed by atoms with Gasteiger partial charge in [-0.1, -0.05) is 255 Å². The largest absolute Gasteiger partial charge is 0.310 e. The molecule has 0 saturated heterocycles. The van der Waals surface area contributed by atoms with Crippen molar-refractivity contribution in [3.8, 4) is 76.5 Å². The third-order valence-electron chi connectivity index (χ3n) is 22.4. The summed E-state index contributed by atoms with van der Waals surface area (Å²) in [6.07, 6.45) is 0. The maximum Gasteiger partial charge on any atom is 0.0740 e. The Morgan fingerprint density at radius 2 is 0.663 bits per heavy atom. The van der Waals surface area contributed by atoms with Crippen molar-refractivity contribution in [1.29, 1.82) is 0 Å². The van der Waals surface area contributed by atoms with Crippen LogP contribution in [-0.4, -0.2) is 0 Å². The predicted octanol–water partition coefficient (Wildman–Crippen LogP) is 26.5. The fourth-order valence-electron chi connectivity index (χ4n) is 18.3. The highest BCUT2D eigenvalue weighted by molar-refractivity contribution is 7.23. The zero-order chi connectivity index (χ0) is 66.1. The summed E-state index contributed by atoms with van der Waals surface area (Å²) in [6, 6.07) is 135. The molecule has 0 saturated carbocycles. The number of thiophene rings is 2. The van der Waals surface area contributed by atoms with E-state index in [1.165, 1.54) is 125 Å². The molecule has 0 radical (unpaired) electrons. The second kappa shape index (κ2) is 21.6. The molecule has 5 heteroatoms. The van der Waals surface area contributed by atoms with Gasteiger partial charge in [-0.25, -0.2) is 0 Å². The van der Waals surface area contributed by atoms with Crippen LogP contribution in [0.15, 0.2) is 358 Å². The van der Waals surface area contributed by atoms with Crippen LogP contribution in [0, 0.1) is 0 Å². The highest BCUT2D eigenvalue weighted by Gasteiger charge is 2.55. The van der Waals surface area contributed by atoms with Crippen molar-refractivity contribution in [3.63, 3.8) is 0 Å². The molecule has 0 N–H and O–H groups in total. The number of anilines is 9.